The molecule has 8 heteroatoms. The van der Waals surface area contributed by atoms with Crippen LogP contribution in [0.1, 0.15) is 21.7 Å². The number of piperazine rings is 1. The van der Waals surface area contributed by atoms with E-state index in [2.05, 4.69) is 10.5 Å². The lowest BCUT2D eigenvalue weighted by atomic mass is 10.1. The van der Waals surface area contributed by atoms with Crippen LogP contribution >= 0.6 is 0 Å². The SMILES string of the molecule is Cc1cc(NC(=O)CN2CCN(C(=O)c3ccc(OCc4ccccc4)cc3)CC2)no1. The lowest BCUT2D eigenvalue weighted by molar-refractivity contribution is -0.117. The number of aromatic nitrogens is 1. The van der Waals surface area contributed by atoms with Crippen molar-refractivity contribution >= 4 is 17.6 Å². The molecule has 0 radical (unpaired) electrons. The van der Waals surface area contributed by atoms with Gasteiger partial charge in [0.1, 0.15) is 18.1 Å². The minimum atomic E-state index is -0.149. The van der Waals surface area contributed by atoms with Crippen molar-refractivity contribution in [3.05, 3.63) is 77.6 Å². The highest BCUT2D eigenvalue weighted by Gasteiger charge is 2.23. The predicted octanol–water partition coefficient (Wildman–Crippen LogP) is 2.96. The van der Waals surface area contributed by atoms with E-state index in [0.717, 1.165) is 11.3 Å². The summed E-state index contributed by atoms with van der Waals surface area (Å²) in [6.45, 7) is 4.92. The molecule has 1 fully saturated rings. The number of ether oxygens (including phenoxy) is 1. The number of benzene rings is 2. The fraction of sp³-hybridized carbons (Fsp3) is 0.292. The number of nitrogens with zero attached hydrogens (tertiary/aromatic N) is 3. The van der Waals surface area contributed by atoms with E-state index in [9.17, 15) is 9.59 Å². The second kappa shape index (κ2) is 10.1. The Morgan fingerprint density at radius 2 is 1.75 bits per heavy atom. The smallest absolute Gasteiger partial charge is 0.253 e. The van der Waals surface area contributed by atoms with Crippen molar-refractivity contribution in [3.63, 3.8) is 0 Å². The third-order valence-corrected chi connectivity index (χ3v) is 5.27. The Labute approximate surface area is 186 Å². The van der Waals surface area contributed by atoms with Gasteiger partial charge in [0.2, 0.25) is 5.91 Å². The molecule has 1 aliphatic heterocycles. The highest BCUT2D eigenvalue weighted by atomic mass is 16.5. The Morgan fingerprint density at radius 3 is 2.41 bits per heavy atom. The Morgan fingerprint density at radius 1 is 1.03 bits per heavy atom. The van der Waals surface area contributed by atoms with Crippen LogP contribution in [0.2, 0.25) is 0 Å². The van der Waals surface area contributed by atoms with Crippen LogP contribution < -0.4 is 10.1 Å². The Balaban J connectivity index is 1.22. The van der Waals surface area contributed by atoms with Crippen molar-refractivity contribution in [1.29, 1.82) is 0 Å². The standard InChI is InChI=1S/C24H26N4O4/c1-18-15-22(26-32-18)25-23(29)16-27-11-13-28(14-12-27)24(30)20-7-9-21(10-8-20)31-17-19-5-3-2-4-6-19/h2-10,15H,11-14,16-17H2,1H3,(H,25,26,29). The summed E-state index contributed by atoms with van der Waals surface area (Å²) in [5.41, 5.74) is 1.72. The highest BCUT2D eigenvalue weighted by molar-refractivity contribution is 5.94. The maximum absolute atomic E-state index is 12.8. The molecular weight excluding hydrogens is 408 g/mol. The first-order valence-corrected chi connectivity index (χ1v) is 10.6. The zero-order chi connectivity index (χ0) is 22.3. The molecule has 0 unspecified atom stereocenters. The van der Waals surface area contributed by atoms with Crippen molar-refractivity contribution in [2.45, 2.75) is 13.5 Å². The summed E-state index contributed by atoms with van der Waals surface area (Å²) in [5.74, 6) is 1.62. The van der Waals surface area contributed by atoms with Crippen molar-refractivity contribution in [3.8, 4) is 5.75 Å². The van der Waals surface area contributed by atoms with Gasteiger partial charge >= 0.3 is 0 Å². The summed E-state index contributed by atoms with van der Waals surface area (Å²) >= 11 is 0. The molecular formula is C24H26N4O4. The number of amides is 2. The average Bonchev–Trinajstić information content (AvgIpc) is 3.23. The first-order valence-electron chi connectivity index (χ1n) is 10.6. The van der Waals surface area contributed by atoms with Crippen molar-refractivity contribution < 1.29 is 18.8 Å². The largest absolute Gasteiger partial charge is 0.489 e. The zero-order valence-electron chi connectivity index (χ0n) is 18.0. The molecule has 0 spiro atoms. The first-order chi connectivity index (χ1) is 15.6. The molecule has 1 aliphatic rings. The van der Waals surface area contributed by atoms with Crippen molar-refractivity contribution in [2.75, 3.05) is 38.0 Å². The number of carbonyl (C=O) groups excluding carboxylic acids is 2. The number of hydrogen-bond donors (Lipinski definition) is 1. The number of rotatable bonds is 7. The summed E-state index contributed by atoms with van der Waals surface area (Å²) in [7, 11) is 0. The van der Waals surface area contributed by atoms with Gasteiger partial charge in [0, 0.05) is 37.8 Å². The van der Waals surface area contributed by atoms with Gasteiger partial charge in [0.25, 0.3) is 5.91 Å². The van der Waals surface area contributed by atoms with E-state index in [1.807, 2.05) is 52.3 Å². The third-order valence-electron chi connectivity index (χ3n) is 5.27. The Kier molecular flexibility index (Phi) is 6.81. The Hall–Kier alpha value is -3.65. The molecule has 1 aromatic heterocycles. The minimum absolute atomic E-state index is 0.0122. The van der Waals surface area contributed by atoms with E-state index in [-0.39, 0.29) is 18.4 Å². The highest BCUT2D eigenvalue weighted by Crippen LogP contribution is 2.16. The molecule has 2 amide bonds. The first kappa shape index (κ1) is 21.6. The molecule has 166 valence electrons. The minimum Gasteiger partial charge on any atom is -0.489 e. The second-order valence-electron chi connectivity index (χ2n) is 7.74. The van der Waals surface area contributed by atoms with Crippen LogP contribution in [0.15, 0.2) is 65.2 Å². The average molecular weight is 434 g/mol. The molecule has 2 heterocycles. The molecule has 3 aromatic rings. The number of anilines is 1. The summed E-state index contributed by atoms with van der Waals surface area (Å²) in [4.78, 5) is 28.8. The van der Waals surface area contributed by atoms with Gasteiger partial charge in [-0.3, -0.25) is 14.5 Å². The maximum atomic E-state index is 12.8. The second-order valence-corrected chi connectivity index (χ2v) is 7.74. The van der Waals surface area contributed by atoms with E-state index in [1.165, 1.54) is 0 Å². The van der Waals surface area contributed by atoms with E-state index in [4.69, 9.17) is 9.26 Å². The zero-order valence-corrected chi connectivity index (χ0v) is 18.0. The summed E-state index contributed by atoms with van der Waals surface area (Å²) in [5, 5.41) is 6.48. The predicted molar refractivity (Wildman–Crippen MR) is 119 cm³/mol. The molecule has 32 heavy (non-hydrogen) atoms. The van der Waals surface area contributed by atoms with Crippen molar-refractivity contribution in [2.24, 2.45) is 0 Å². The summed E-state index contributed by atoms with van der Waals surface area (Å²) < 4.78 is 10.7. The third kappa shape index (κ3) is 5.73. The van der Waals surface area contributed by atoms with Crippen LogP contribution in [0.5, 0.6) is 5.75 Å². The fourth-order valence-corrected chi connectivity index (χ4v) is 3.54. The van der Waals surface area contributed by atoms with Gasteiger partial charge in [0.15, 0.2) is 5.82 Å². The fourth-order valence-electron chi connectivity index (χ4n) is 3.54. The summed E-state index contributed by atoms with van der Waals surface area (Å²) in [6, 6.07) is 18.8. The molecule has 1 saturated heterocycles. The van der Waals surface area contributed by atoms with Crippen LogP contribution in [0, 0.1) is 6.92 Å². The molecule has 0 atom stereocenters. The molecule has 0 aliphatic carbocycles. The van der Waals surface area contributed by atoms with Crippen LogP contribution in [0.3, 0.4) is 0 Å². The molecule has 0 bridgehead atoms. The number of nitrogens with one attached hydrogen (secondary N) is 1. The molecule has 4 rings (SSSR count). The maximum Gasteiger partial charge on any atom is 0.253 e. The van der Waals surface area contributed by atoms with Crippen molar-refractivity contribution in [1.82, 2.24) is 15.0 Å². The molecule has 0 saturated carbocycles. The van der Waals surface area contributed by atoms with Crippen LogP contribution in [0.25, 0.3) is 0 Å². The van der Waals surface area contributed by atoms with Crippen LogP contribution in [-0.4, -0.2) is 59.5 Å². The van der Waals surface area contributed by atoms with E-state index >= 15 is 0 Å². The van der Waals surface area contributed by atoms with Gasteiger partial charge in [-0.15, -0.1) is 0 Å². The molecule has 1 N–H and O–H groups in total. The topological polar surface area (TPSA) is 87.9 Å². The number of carbonyl (C=O) groups is 2. The van der Waals surface area contributed by atoms with Crippen LogP contribution in [0.4, 0.5) is 5.82 Å². The lowest BCUT2D eigenvalue weighted by Gasteiger charge is -2.34. The van der Waals surface area contributed by atoms with Gasteiger partial charge < -0.3 is 19.5 Å². The quantitative estimate of drug-likeness (QED) is 0.615. The van der Waals surface area contributed by atoms with E-state index in [0.29, 0.717) is 49.9 Å². The lowest BCUT2D eigenvalue weighted by Crippen LogP contribution is -2.50. The van der Waals surface area contributed by atoms with E-state index < -0.39 is 0 Å². The molecule has 2 aromatic carbocycles. The molecule has 8 nitrogen and oxygen atoms in total. The monoisotopic (exact) mass is 434 g/mol. The normalized spacial score (nSPS) is 14.2. The van der Waals surface area contributed by atoms with Gasteiger partial charge in [0.05, 0.1) is 6.54 Å². The van der Waals surface area contributed by atoms with Gasteiger partial charge in [-0.05, 0) is 36.8 Å². The Bertz CT molecular complexity index is 1040. The van der Waals surface area contributed by atoms with Crippen LogP contribution in [-0.2, 0) is 11.4 Å². The van der Waals surface area contributed by atoms with Gasteiger partial charge in [-0.25, -0.2) is 0 Å². The summed E-state index contributed by atoms with van der Waals surface area (Å²) in [6.07, 6.45) is 0. The number of aryl methyl sites for hydroxylation is 1. The van der Waals surface area contributed by atoms with Gasteiger partial charge in [-0.1, -0.05) is 35.5 Å². The van der Waals surface area contributed by atoms with E-state index in [1.54, 1.807) is 25.1 Å². The van der Waals surface area contributed by atoms with Gasteiger partial charge in [-0.2, -0.15) is 0 Å². The number of hydrogen-bond acceptors (Lipinski definition) is 6.